The van der Waals surface area contributed by atoms with Gasteiger partial charge in [0.25, 0.3) is 5.91 Å². The van der Waals surface area contributed by atoms with E-state index in [0.717, 1.165) is 34.5 Å². The summed E-state index contributed by atoms with van der Waals surface area (Å²) in [7, 11) is 0. The first-order chi connectivity index (χ1) is 11.4. The predicted octanol–water partition coefficient (Wildman–Crippen LogP) is 4.42. The SMILES string of the molecule is CCCc1cc(C(=O)OCC(=O)Nc2cc(C)ccc2C)sc1C. The first kappa shape index (κ1) is 18.2. The Morgan fingerprint density at radius 2 is 1.92 bits per heavy atom. The lowest BCUT2D eigenvalue weighted by molar-refractivity contribution is -0.119. The van der Waals surface area contributed by atoms with Crippen molar-refractivity contribution in [2.75, 3.05) is 11.9 Å². The summed E-state index contributed by atoms with van der Waals surface area (Å²) in [5.74, 6) is -0.777. The number of nitrogens with one attached hydrogen (secondary N) is 1. The number of ether oxygens (including phenoxy) is 1. The van der Waals surface area contributed by atoms with Crippen LogP contribution in [0.15, 0.2) is 24.3 Å². The fourth-order valence-corrected chi connectivity index (χ4v) is 3.36. The molecule has 1 amide bonds. The third-order valence-corrected chi connectivity index (χ3v) is 4.82. The van der Waals surface area contributed by atoms with E-state index in [9.17, 15) is 9.59 Å². The van der Waals surface area contributed by atoms with Crippen molar-refractivity contribution in [1.82, 2.24) is 0 Å². The van der Waals surface area contributed by atoms with E-state index in [2.05, 4.69) is 12.2 Å². The average molecular weight is 345 g/mol. The molecule has 24 heavy (non-hydrogen) atoms. The molecule has 0 aliphatic carbocycles. The molecule has 2 aromatic rings. The van der Waals surface area contributed by atoms with Gasteiger partial charge in [0.1, 0.15) is 4.88 Å². The standard InChI is InChI=1S/C19H23NO3S/c1-5-6-15-10-17(24-14(15)4)19(22)23-11-18(21)20-16-9-12(2)7-8-13(16)3/h7-10H,5-6,11H2,1-4H3,(H,20,21). The van der Waals surface area contributed by atoms with Crippen molar-refractivity contribution in [3.8, 4) is 0 Å². The van der Waals surface area contributed by atoms with Crippen LogP contribution in [0.2, 0.25) is 0 Å². The lowest BCUT2D eigenvalue weighted by atomic mass is 10.1. The zero-order chi connectivity index (χ0) is 17.7. The maximum atomic E-state index is 12.1. The normalized spacial score (nSPS) is 10.5. The van der Waals surface area contributed by atoms with E-state index in [1.807, 2.05) is 45.0 Å². The Morgan fingerprint density at radius 1 is 1.17 bits per heavy atom. The predicted molar refractivity (Wildman–Crippen MR) is 97.9 cm³/mol. The summed E-state index contributed by atoms with van der Waals surface area (Å²) < 4.78 is 5.14. The molecule has 0 bridgehead atoms. The summed E-state index contributed by atoms with van der Waals surface area (Å²) in [6.45, 7) is 7.70. The molecule has 0 radical (unpaired) electrons. The van der Waals surface area contributed by atoms with Crippen molar-refractivity contribution in [3.05, 3.63) is 50.7 Å². The molecule has 2 rings (SSSR count). The van der Waals surface area contributed by atoms with Crippen LogP contribution in [0.5, 0.6) is 0 Å². The van der Waals surface area contributed by atoms with E-state index in [1.54, 1.807) is 0 Å². The lowest BCUT2D eigenvalue weighted by Gasteiger charge is -2.09. The minimum atomic E-state index is -0.443. The summed E-state index contributed by atoms with van der Waals surface area (Å²) in [5.41, 5.74) is 3.95. The molecule has 5 heteroatoms. The minimum absolute atomic E-state index is 0.285. The van der Waals surface area contributed by atoms with E-state index in [1.165, 1.54) is 16.9 Å². The highest BCUT2D eigenvalue weighted by Crippen LogP contribution is 2.23. The third-order valence-electron chi connectivity index (χ3n) is 3.74. The number of thiophene rings is 1. The number of anilines is 1. The Kier molecular flexibility index (Phi) is 6.15. The molecule has 0 saturated carbocycles. The van der Waals surface area contributed by atoms with Crippen molar-refractivity contribution < 1.29 is 14.3 Å². The largest absolute Gasteiger partial charge is 0.451 e. The van der Waals surface area contributed by atoms with Gasteiger partial charge in [-0.2, -0.15) is 0 Å². The Labute approximate surface area is 146 Å². The zero-order valence-corrected chi connectivity index (χ0v) is 15.4. The van der Waals surface area contributed by atoms with Gasteiger partial charge in [-0.25, -0.2) is 4.79 Å². The maximum absolute atomic E-state index is 12.1. The van der Waals surface area contributed by atoms with Crippen molar-refractivity contribution in [1.29, 1.82) is 0 Å². The van der Waals surface area contributed by atoms with E-state index in [0.29, 0.717) is 4.88 Å². The van der Waals surface area contributed by atoms with Crippen LogP contribution in [-0.4, -0.2) is 18.5 Å². The van der Waals surface area contributed by atoms with E-state index in [4.69, 9.17) is 4.74 Å². The summed E-state index contributed by atoms with van der Waals surface area (Å²) >= 11 is 1.42. The topological polar surface area (TPSA) is 55.4 Å². The molecule has 0 aliphatic rings. The monoisotopic (exact) mass is 345 g/mol. The summed E-state index contributed by atoms with van der Waals surface area (Å²) in [4.78, 5) is 25.8. The van der Waals surface area contributed by atoms with E-state index < -0.39 is 5.97 Å². The van der Waals surface area contributed by atoms with Gasteiger partial charge in [-0.3, -0.25) is 4.79 Å². The molecule has 0 fully saturated rings. The molecule has 0 spiro atoms. The van der Waals surface area contributed by atoms with E-state index >= 15 is 0 Å². The number of carbonyl (C=O) groups excluding carboxylic acids is 2. The quantitative estimate of drug-likeness (QED) is 0.789. The number of aryl methyl sites for hydroxylation is 4. The highest BCUT2D eigenvalue weighted by molar-refractivity contribution is 7.14. The Hall–Kier alpha value is -2.14. The van der Waals surface area contributed by atoms with Crippen LogP contribution < -0.4 is 5.32 Å². The van der Waals surface area contributed by atoms with Gasteiger partial charge in [0.15, 0.2) is 6.61 Å². The Bertz CT molecular complexity index is 749. The van der Waals surface area contributed by atoms with Gasteiger partial charge in [-0.05, 0) is 56.0 Å². The van der Waals surface area contributed by atoms with E-state index in [-0.39, 0.29) is 12.5 Å². The second-order valence-electron chi connectivity index (χ2n) is 5.88. The summed E-state index contributed by atoms with van der Waals surface area (Å²) in [6, 6.07) is 7.70. The molecule has 128 valence electrons. The fourth-order valence-electron chi connectivity index (χ4n) is 2.40. The van der Waals surface area contributed by atoms with Crippen LogP contribution in [0, 0.1) is 20.8 Å². The minimum Gasteiger partial charge on any atom is -0.451 e. The van der Waals surface area contributed by atoms with Crippen molar-refractivity contribution in [2.24, 2.45) is 0 Å². The van der Waals surface area contributed by atoms with Crippen molar-refractivity contribution >= 4 is 28.9 Å². The molecular weight excluding hydrogens is 322 g/mol. The molecular formula is C19H23NO3S. The van der Waals surface area contributed by atoms with Crippen molar-refractivity contribution in [2.45, 2.75) is 40.5 Å². The van der Waals surface area contributed by atoms with Crippen LogP contribution in [0.4, 0.5) is 5.69 Å². The smallest absolute Gasteiger partial charge is 0.348 e. The lowest BCUT2D eigenvalue weighted by Crippen LogP contribution is -2.21. The molecule has 1 aromatic carbocycles. The molecule has 0 atom stereocenters. The zero-order valence-electron chi connectivity index (χ0n) is 14.6. The van der Waals surface area contributed by atoms with Crippen LogP contribution in [0.1, 0.15) is 44.6 Å². The van der Waals surface area contributed by atoms with Gasteiger partial charge in [0.05, 0.1) is 0 Å². The van der Waals surface area contributed by atoms with Crippen LogP contribution in [0.3, 0.4) is 0 Å². The maximum Gasteiger partial charge on any atom is 0.348 e. The van der Waals surface area contributed by atoms with Crippen LogP contribution in [0.25, 0.3) is 0 Å². The van der Waals surface area contributed by atoms with Gasteiger partial charge < -0.3 is 10.1 Å². The highest BCUT2D eigenvalue weighted by atomic mass is 32.1. The van der Waals surface area contributed by atoms with Crippen LogP contribution >= 0.6 is 11.3 Å². The number of hydrogen-bond acceptors (Lipinski definition) is 4. The number of esters is 1. The second-order valence-corrected chi connectivity index (χ2v) is 7.14. The van der Waals surface area contributed by atoms with Gasteiger partial charge in [0.2, 0.25) is 0 Å². The molecule has 1 aromatic heterocycles. The summed E-state index contributed by atoms with van der Waals surface area (Å²) in [6.07, 6.45) is 1.98. The molecule has 1 heterocycles. The molecule has 0 aliphatic heterocycles. The highest BCUT2D eigenvalue weighted by Gasteiger charge is 2.15. The first-order valence-electron chi connectivity index (χ1n) is 8.04. The molecule has 1 N–H and O–H groups in total. The number of carbonyl (C=O) groups is 2. The second kappa shape index (κ2) is 8.11. The Balaban J connectivity index is 1.92. The number of benzene rings is 1. The van der Waals surface area contributed by atoms with Gasteiger partial charge >= 0.3 is 5.97 Å². The Morgan fingerprint density at radius 3 is 2.62 bits per heavy atom. The number of amides is 1. The van der Waals surface area contributed by atoms with Gasteiger partial charge in [-0.15, -0.1) is 11.3 Å². The molecule has 0 unspecified atom stereocenters. The molecule has 4 nitrogen and oxygen atoms in total. The first-order valence-corrected chi connectivity index (χ1v) is 8.86. The van der Waals surface area contributed by atoms with Gasteiger partial charge in [-0.1, -0.05) is 25.5 Å². The third kappa shape index (κ3) is 4.68. The van der Waals surface area contributed by atoms with Gasteiger partial charge in [0, 0.05) is 10.6 Å². The fraction of sp³-hybridized carbons (Fsp3) is 0.368. The number of rotatable bonds is 6. The average Bonchev–Trinajstić information content (AvgIpc) is 2.90. The van der Waals surface area contributed by atoms with Crippen LogP contribution in [-0.2, 0) is 16.0 Å². The van der Waals surface area contributed by atoms with Crippen molar-refractivity contribution in [3.63, 3.8) is 0 Å². The number of hydrogen-bond donors (Lipinski definition) is 1. The summed E-state index contributed by atoms with van der Waals surface area (Å²) in [5, 5.41) is 2.78. The molecule has 0 saturated heterocycles.